The highest BCUT2D eigenvalue weighted by Crippen LogP contribution is 2.08. The van der Waals surface area contributed by atoms with E-state index in [9.17, 15) is 14.4 Å². The van der Waals surface area contributed by atoms with Crippen molar-refractivity contribution in [3.8, 4) is 11.8 Å². The number of amides is 2. The van der Waals surface area contributed by atoms with Crippen LogP contribution in [-0.2, 0) is 25.5 Å². The molecule has 0 bridgehead atoms. The summed E-state index contributed by atoms with van der Waals surface area (Å²) in [7, 11) is 1.26. The van der Waals surface area contributed by atoms with Crippen molar-refractivity contribution in [2.24, 2.45) is 16.5 Å². The Morgan fingerprint density at radius 1 is 1.20 bits per heavy atom. The first kappa shape index (κ1) is 28.7. The van der Waals surface area contributed by atoms with Gasteiger partial charge in [-0.25, -0.2) is 9.79 Å². The van der Waals surface area contributed by atoms with E-state index in [0.717, 1.165) is 23.1 Å². The lowest BCUT2D eigenvalue weighted by molar-refractivity contribution is -0.145. The molecule has 0 aromatic heterocycles. The third-order valence-corrected chi connectivity index (χ3v) is 4.48. The molecule has 1 atom stereocenters. The van der Waals surface area contributed by atoms with E-state index in [-0.39, 0.29) is 31.9 Å². The summed E-state index contributed by atoms with van der Waals surface area (Å²) in [5, 5.41) is 5.17. The van der Waals surface area contributed by atoms with Gasteiger partial charge in [0.25, 0.3) is 0 Å². The maximum Gasteiger partial charge on any atom is 0.328 e. The third kappa shape index (κ3) is 12.5. The number of nitrogens with two attached hydrogens (primary N) is 2. The minimum absolute atomic E-state index is 0.0243. The average Bonchev–Trinajstić information content (AvgIpc) is 2.84. The number of benzene rings is 1. The number of carbonyl (C=O) groups excluding carboxylic acids is 3. The fraction of sp³-hybridized carbons (Fsp3) is 0.308. The Balaban J connectivity index is 2.73. The summed E-state index contributed by atoms with van der Waals surface area (Å²) < 4.78 is 4.82. The summed E-state index contributed by atoms with van der Waals surface area (Å²) in [5.74, 6) is 4.64. The van der Waals surface area contributed by atoms with Crippen molar-refractivity contribution in [2.75, 3.05) is 20.2 Å². The van der Waals surface area contributed by atoms with Crippen molar-refractivity contribution in [3.05, 3.63) is 71.8 Å². The second kappa shape index (κ2) is 16.3. The first-order valence-corrected chi connectivity index (χ1v) is 11.1. The molecule has 35 heavy (non-hydrogen) atoms. The number of guanidine groups is 1. The monoisotopic (exact) mass is 479 g/mol. The maximum absolute atomic E-state index is 12.3. The van der Waals surface area contributed by atoms with Gasteiger partial charge in [-0.05, 0) is 30.2 Å². The first-order chi connectivity index (χ1) is 16.8. The van der Waals surface area contributed by atoms with Gasteiger partial charge in [-0.15, -0.1) is 0 Å². The molecule has 0 unspecified atom stereocenters. The van der Waals surface area contributed by atoms with Gasteiger partial charge in [0, 0.05) is 30.5 Å². The van der Waals surface area contributed by atoms with Crippen molar-refractivity contribution in [1.82, 2.24) is 10.6 Å². The number of hydrogen-bond acceptors (Lipinski definition) is 5. The molecule has 9 nitrogen and oxygen atoms in total. The molecule has 9 heteroatoms. The van der Waals surface area contributed by atoms with E-state index in [4.69, 9.17) is 16.2 Å². The van der Waals surface area contributed by atoms with Crippen LogP contribution in [0.3, 0.4) is 0 Å². The molecule has 0 aliphatic rings. The Labute approximate surface area is 206 Å². The van der Waals surface area contributed by atoms with Crippen molar-refractivity contribution >= 4 is 23.7 Å². The van der Waals surface area contributed by atoms with E-state index in [1.54, 1.807) is 6.08 Å². The largest absolute Gasteiger partial charge is 0.467 e. The summed E-state index contributed by atoms with van der Waals surface area (Å²) in [6.07, 6.45) is 8.55. The third-order valence-electron chi connectivity index (χ3n) is 4.48. The van der Waals surface area contributed by atoms with Crippen LogP contribution in [0.4, 0.5) is 0 Å². The molecule has 1 rings (SSSR count). The van der Waals surface area contributed by atoms with E-state index in [0.29, 0.717) is 0 Å². The van der Waals surface area contributed by atoms with Crippen LogP contribution < -0.4 is 22.1 Å². The van der Waals surface area contributed by atoms with E-state index in [1.165, 1.54) is 7.11 Å². The topological polar surface area (TPSA) is 149 Å². The van der Waals surface area contributed by atoms with Crippen LogP contribution in [0.15, 0.2) is 65.7 Å². The maximum atomic E-state index is 12.3. The predicted molar refractivity (Wildman–Crippen MR) is 137 cm³/mol. The smallest absolute Gasteiger partial charge is 0.328 e. The van der Waals surface area contributed by atoms with Gasteiger partial charge in [0.05, 0.1) is 7.11 Å². The summed E-state index contributed by atoms with van der Waals surface area (Å²) in [5.41, 5.74) is 12.9. The van der Waals surface area contributed by atoms with Gasteiger partial charge < -0.3 is 26.8 Å². The zero-order valence-electron chi connectivity index (χ0n) is 20.2. The Hall–Kier alpha value is -4.32. The van der Waals surface area contributed by atoms with Gasteiger partial charge >= 0.3 is 5.97 Å². The summed E-state index contributed by atoms with van der Waals surface area (Å²) in [6, 6.07) is 6.53. The highest BCUT2D eigenvalue weighted by molar-refractivity contribution is 5.86. The van der Waals surface area contributed by atoms with Crippen LogP contribution in [0.2, 0.25) is 0 Å². The van der Waals surface area contributed by atoms with Crippen LogP contribution in [0, 0.1) is 11.8 Å². The summed E-state index contributed by atoms with van der Waals surface area (Å²) in [6.45, 7) is 5.55. The highest BCUT2D eigenvalue weighted by atomic mass is 16.5. The van der Waals surface area contributed by atoms with Gasteiger partial charge in [0.15, 0.2) is 5.96 Å². The molecule has 0 spiro atoms. The number of aliphatic imine (C=N–C) groups is 1. The molecule has 1 aromatic carbocycles. The van der Waals surface area contributed by atoms with Gasteiger partial charge in [0.2, 0.25) is 11.8 Å². The number of rotatable bonds is 12. The Morgan fingerprint density at radius 3 is 2.51 bits per heavy atom. The second-order valence-corrected chi connectivity index (χ2v) is 7.30. The fourth-order valence-electron chi connectivity index (χ4n) is 2.79. The van der Waals surface area contributed by atoms with Crippen LogP contribution >= 0.6 is 0 Å². The normalized spacial score (nSPS) is 11.5. The number of hydrogen-bond donors (Lipinski definition) is 4. The first-order valence-electron chi connectivity index (χ1n) is 11.1. The number of nitrogens with one attached hydrogen (secondary N) is 2. The van der Waals surface area contributed by atoms with Crippen LogP contribution in [0.5, 0.6) is 0 Å². The molecule has 186 valence electrons. The fourth-order valence-corrected chi connectivity index (χ4v) is 2.79. The molecule has 0 heterocycles. The SMILES string of the molecule is C=C/C=C\C(C#Cc1ccc(C[C@H](NC(=O)CCNC(=O)CN=C(N)N)C(=O)OC)cc1)=C/CC. The minimum atomic E-state index is -0.870. The molecular formula is C26H33N5O4. The van der Waals surface area contributed by atoms with Gasteiger partial charge in [-0.2, -0.15) is 0 Å². The number of ether oxygens (including phenoxy) is 1. The molecule has 0 aliphatic heterocycles. The minimum Gasteiger partial charge on any atom is -0.467 e. The zero-order chi connectivity index (χ0) is 26.1. The molecule has 2 amide bonds. The molecular weight excluding hydrogens is 446 g/mol. The van der Waals surface area contributed by atoms with Gasteiger partial charge in [-0.1, -0.05) is 55.7 Å². The molecule has 0 fully saturated rings. The Morgan fingerprint density at radius 2 is 1.91 bits per heavy atom. The van der Waals surface area contributed by atoms with Crippen molar-refractivity contribution in [1.29, 1.82) is 0 Å². The lowest BCUT2D eigenvalue weighted by atomic mass is 10.0. The summed E-state index contributed by atoms with van der Waals surface area (Å²) in [4.78, 5) is 39.6. The Kier molecular flexibility index (Phi) is 13.4. The van der Waals surface area contributed by atoms with Gasteiger partial charge in [0.1, 0.15) is 12.6 Å². The van der Waals surface area contributed by atoms with Crippen molar-refractivity contribution in [3.63, 3.8) is 0 Å². The van der Waals surface area contributed by atoms with E-state index >= 15 is 0 Å². The molecule has 0 aliphatic carbocycles. The van der Waals surface area contributed by atoms with Crippen molar-refractivity contribution in [2.45, 2.75) is 32.2 Å². The van der Waals surface area contributed by atoms with E-state index in [2.05, 4.69) is 34.0 Å². The molecule has 6 N–H and O–H groups in total. The predicted octanol–water partition coefficient (Wildman–Crippen LogP) is 1.10. The van der Waals surface area contributed by atoms with Crippen LogP contribution in [-0.4, -0.2) is 50.0 Å². The number of carbonyl (C=O) groups is 3. The van der Waals surface area contributed by atoms with Crippen LogP contribution in [0.1, 0.15) is 30.9 Å². The summed E-state index contributed by atoms with van der Waals surface area (Å²) >= 11 is 0. The number of esters is 1. The molecule has 0 radical (unpaired) electrons. The molecule has 1 aromatic rings. The highest BCUT2D eigenvalue weighted by Gasteiger charge is 2.21. The number of nitrogens with zero attached hydrogens (tertiary/aromatic N) is 1. The standard InChI is InChI=1S/C26H33N5O4/c1-4-6-8-19(7-5-2)9-10-20-11-13-21(14-12-20)17-22(25(34)35-3)31-23(32)15-16-29-24(33)18-30-26(27)28/h4,6-8,11-14,22H,1,5,15-18H2,2-3H3,(H,29,33)(H,31,32)(H4,27,28,30)/b8-6-,19-7+/t22-/m0/s1. The lowest BCUT2D eigenvalue weighted by Crippen LogP contribution is -2.44. The Bertz CT molecular complexity index is 1030. The molecule has 0 saturated carbocycles. The molecule has 0 saturated heterocycles. The number of methoxy groups -OCH3 is 1. The van der Waals surface area contributed by atoms with Gasteiger partial charge in [-0.3, -0.25) is 9.59 Å². The quantitative estimate of drug-likeness (QED) is 0.116. The van der Waals surface area contributed by atoms with Crippen LogP contribution in [0.25, 0.3) is 0 Å². The van der Waals surface area contributed by atoms with E-state index in [1.807, 2.05) is 49.4 Å². The zero-order valence-corrected chi connectivity index (χ0v) is 20.2. The second-order valence-electron chi connectivity index (χ2n) is 7.30. The number of allylic oxidation sites excluding steroid dienone is 5. The van der Waals surface area contributed by atoms with E-state index < -0.39 is 23.8 Å². The average molecular weight is 480 g/mol. The lowest BCUT2D eigenvalue weighted by Gasteiger charge is -2.17. The van der Waals surface area contributed by atoms with Crippen molar-refractivity contribution < 1.29 is 19.1 Å².